The lowest BCUT2D eigenvalue weighted by Crippen LogP contribution is -2.23. The van der Waals surface area contributed by atoms with Crippen molar-refractivity contribution in [2.45, 2.75) is 6.61 Å². The summed E-state index contributed by atoms with van der Waals surface area (Å²) < 4.78 is 6.00. The second-order valence-electron chi connectivity index (χ2n) is 6.60. The number of aliphatic imine (C=N–C) groups is 1. The first-order chi connectivity index (χ1) is 15.0. The third kappa shape index (κ3) is 4.93. The van der Waals surface area contributed by atoms with Gasteiger partial charge < -0.3 is 4.74 Å². The van der Waals surface area contributed by atoms with Crippen LogP contribution in [0.25, 0.3) is 6.08 Å². The minimum absolute atomic E-state index is 0.148. The molecule has 0 unspecified atom stereocenters. The van der Waals surface area contributed by atoms with Gasteiger partial charge in [-0.15, -0.1) is 0 Å². The molecule has 3 aromatic rings. The number of thioether (sulfide) groups is 1. The molecular weight excluding hydrogens is 453 g/mol. The number of carbonyl (C=O) groups is 1. The SMILES string of the molecule is CN1C(=O)/C(=C/c2ccccc2OCc2ccccc2Cl)SC1=Nc1cccnc1Cl. The molecule has 4 rings (SSSR count). The highest BCUT2D eigenvalue weighted by Gasteiger charge is 2.30. The molecule has 0 radical (unpaired) electrons. The maximum atomic E-state index is 12.8. The highest BCUT2D eigenvalue weighted by molar-refractivity contribution is 8.18. The lowest BCUT2D eigenvalue weighted by atomic mass is 10.1. The van der Waals surface area contributed by atoms with Crippen molar-refractivity contribution >= 4 is 57.8 Å². The van der Waals surface area contributed by atoms with E-state index in [0.29, 0.717) is 33.1 Å². The van der Waals surface area contributed by atoms with Gasteiger partial charge in [-0.25, -0.2) is 9.98 Å². The number of hydrogen-bond donors (Lipinski definition) is 0. The highest BCUT2D eigenvalue weighted by atomic mass is 35.5. The predicted octanol–water partition coefficient (Wildman–Crippen LogP) is 6.20. The van der Waals surface area contributed by atoms with Crippen LogP contribution in [0.15, 0.2) is 76.8 Å². The zero-order valence-electron chi connectivity index (χ0n) is 16.5. The van der Waals surface area contributed by atoms with Crippen LogP contribution >= 0.6 is 35.0 Å². The van der Waals surface area contributed by atoms with Crippen LogP contribution in [-0.2, 0) is 11.4 Å². The minimum Gasteiger partial charge on any atom is -0.488 e. The van der Waals surface area contributed by atoms with Crippen molar-refractivity contribution < 1.29 is 9.53 Å². The smallest absolute Gasteiger partial charge is 0.266 e. The number of carbonyl (C=O) groups excluding carboxylic acids is 1. The van der Waals surface area contributed by atoms with Crippen LogP contribution in [0.3, 0.4) is 0 Å². The van der Waals surface area contributed by atoms with Crippen molar-refractivity contribution in [3.63, 3.8) is 0 Å². The van der Waals surface area contributed by atoms with Crippen LogP contribution in [0.1, 0.15) is 11.1 Å². The van der Waals surface area contributed by atoms with Crippen molar-refractivity contribution in [3.05, 3.63) is 93.1 Å². The fraction of sp³-hybridized carbons (Fsp3) is 0.0870. The van der Waals surface area contributed by atoms with Gasteiger partial charge in [0.05, 0.1) is 4.91 Å². The molecule has 156 valence electrons. The summed E-state index contributed by atoms with van der Waals surface area (Å²) in [7, 11) is 1.68. The molecule has 0 spiro atoms. The van der Waals surface area contributed by atoms with E-state index in [4.69, 9.17) is 27.9 Å². The van der Waals surface area contributed by atoms with E-state index in [0.717, 1.165) is 11.1 Å². The fourth-order valence-corrected chi connectivity index (χ4v) is 4.18. The van der Waals surface area contributed by atoms with Gasteiger partial charge in [0, 0.05) is 29.4 Å². The molecule has 0 bridgehead atoms. The van der Waals surface area contributed by atoms with Gasteiger partial charge in [-0.05, 0) is 42.1 Å². The van der Waals surface area contributed by atoms with Crippen LogP contribution in [0.4, 0.5) is 5.69 Å². The molecule has 31 heavy (non-hydrogen) atoms. The van der Waals surface area contributed by atoms with E-state index in [9.17, 15) is 4.79 Å². The summed E-state index contributed by atoms with van der Waals surface area (Å²) in [6, 6.07) is 18.6. The molecule has 2 heterocycles. The maximum absolute atomic E-state index is 12.8. The number of pyridine rings is 1. The first-order valence-corrected chi connectivity index (χ1v) is 10.9. The van der Waals surface area contributed by atoms with Crippen molar-refractivity contribution in [3.8, 4) is 5.75 Å². The maximum Gasteiger partial charge on any atom is 0.266 e. The van der Waals surface area contributed by atoms with E-state index in [1.165, 1.54) is 16.7 Å². The van der Waals surface area contributed by atoms with Gasteiger partial charge in [-0.1, -0.05) is 59.6 Å². The number of para-hydroxylation sites is 1. The van der Waals surface area contributed by atoms with E-state index >= 15 is 0 Å². The van der Waals surface area contributed by atoms with Crippen molar-refractivity contribution in [1.29, 1.82) is 0 Å². The van der Waals surface area contributed by atoms with Gasteiger partial charge >= 0.3 is 0 Å². The second-order valence-corrected chi connectivity index (χ2v) is 8.37. The van der Waals surface area contributed by atoms with Crippen molar-refractivity contribution in [1.82, 2.24) is 9.88 Å². The van der Waals surface area contributed by atoms with Gasteiger partial charge in [-0.2, -0.15) is 0 Å². The highest BCUT2D eigenvalue weighted by Crippen LogP contribution is 2.35. The zero-order valence-corrected chi connectivity index (χ0v) is 18.8. The standard InChI is InChI=1S/C23H17Cl2N3O2S/c1-28-22(29)20(31-23(28)27-18-10-6-12-26-21(18)25)13-15-7-3-5-11-19(15)30-14-16-8-2-4-9-17(16)24/h2-13H,14H2,1H3/b20-13-,27-23?. The Balaban J connectivity index is 1.58. The summed E-state index contributed by atoms with van der Waals surface area (Å²) in [6.45, 7) is 0.326. The van der Waals surface area contributed by atoms with E-state index in [-0.39, 0.29) is 11.1 Å². The number of rotatable bonds is 5. The Bertz CT molecular complexity index is 1200. The number of amides is 1. The van der Waals surface area contributed by atoms with Crippen LogP contribution in [0.2, 0.25) is 10.2 Å². The van der Waals surface area contributed by atoms with Gasteiger partial charge in [0.2, 0.25) is 0 Å². The van der Waals surface area contributed by atoms with E-state index in [1.54, 1.807) is 31.5 Å². The molecule has 0 N–H and O–H groups in total. The number of nitrogens with zero attached hydrogens (tertiary/aromatic N) is 3. The number of likely N-dealkylation sites (N-methyl/N-ethyl adjacent to an activating group) is 1. The molecule has 1 aromatic heterocycles. The lowest BCUT2D eigenvalue weighted by molar-refractivity contribution is -0.121. The number of halogens is 2. The molecule has 0 atom stereocenters. The predicted molar refractivity (Wildman–Crippen MR) is 127 cm³/mol. The topological polar surface area (TPSA) is 54.8 Å². The normalized spacial score (nSPS) is 16.4. The monoisotopic (exact) mass is 469 g/mol. The quantitative estimate of drug-likeness (QED) is 0.329. The second kappa shape index (κ2) is 9.56. The molecule has 8 heteroatoms. The Morgan fingerprint density at radius 2 is 1.87 bits per heavy atom. The molecule has 2 aromatic carbocycles. The van der Waals surface area contributed by atoms with Crippen LogP contribution < -0.4 is 4.74 Å². The average molecular weight is 470 g/mol. The molecule has 1 aliphatic rings. The number of aromatic nitrogens is 1. The number of benzene rings is 2. The first-order valence-electron chi connectivity index (χ1n) is 9.35. The summed E-state index contributed by atoms with van der Waals surface area (Å²) in [5, 5.41) is 1.46. The number of amidine groups is 1. The summed E-state index contributed by atoms with van der Waals surface area (Å²) in [5.74, 6) is 0.510. The Hall–Kier alpha value is -2.80. The summed E-state index contributed by atoms with van der Waals surface area (Å²) in [5.41, 5.74) is 2.19. The van der Waals surface area contributed by atoms with Crippen molar-refractivity contribution in [2.75, 3.05) is 7.05 Å². The zero-order chi connectivity index (χ0) is 21.8. The van der Waals surface area contributed by atoms with Crippen LogP contribution in [-0.4, -0.2) is 28.0 Å². The number of ether oxygens (including phenoxy) is 1. The van der Waals surface area contributed by atoms with Crippen molar-refractivity contribution in [2.24, 2.45) is 4.99 Å². The molecule has 1 amide bonds. The molecule has 1 fully saturated rings. The number of hydrogen-bond acceptors (Lipinski definition) is 5. The average Bonchev–Trinajstić information content (AvgIpc) is 3.03. The lowest BCUT2D eigenvalue weighted by Gasteiger charge is -2.10. The van der Waals surface area contributed by atoms with E-state index in [1.807, 2.05) is 48.5 Å². The molecule has 1 saturated heterocycles. The summed E-state index contributed by atoms with van der Waals surface area (Å²) >= 11 is 13.6. The van der Waals surface area contributed by atoms with Gasteiger partial charge in [0.25, 0.3) is 5.91 Å². The molecule has 1 aliphatic heterocycles. The van der Waals surface area contributed by atoms with Gasteiger partial charge in [-0.3, -0.25) is 9.69 Å². The Morgan fingerprint density at radius 1 is 1.10 bits per heavy atom. The minimum atomic E-state index is -0.148. The van der Waals surface area contributed by atoms with Gasteiger partial charge in [0.1, 0.15) is 18.0 Å². The van der Waals surface area contributed by atoms with E-state index < -0.39 is 0 Å². The molecule has 0 saturated carbocycles. The van der Waals surface area contributed by atoms with Crippen LogP contribution in [0, 0.1) is 0 Å². The Morgan fingerprint density at radius 3 is 2.68 bits per heavy atom. The molecular formula is C23H17Cl2N3O2S. The molecule has 5 nitrogen and oxygen atoms in total. The van der Waals surface area contributed by atoms with Gasteiger partial charge in [0.15, 0.2) is 10.3 Å². The fourth-order valence-electron chi connectivity index (χ4n) is 2.86. The summed E-state index contributed by atoms with van der Waals surface area (Å²) in [4.78, 5) is 23.3. The third-order valence-electron chi connectivity index (χ3n) is 4.51. The Kier molecular flexibility index (Phi) is 6.61. The van der Waals surface area contributed by atoms with Crippen LogP contribution in [0.5, 0.6) is 5.75 Å². The Labute approximate surface area is 194 Å². The third-order valence-corrected chi connectivity index (χ3v) is 6.23. The molecule has 0 aliphatic carbocycles. The largest absolute Gasteiger partial charge is 0.488 e. The summed E-state index contributed by atoms with van der Waals surface area (Å²) in [6.07, 6.45) is 3.40. The first kappa shape index (κ1) is 21.4. The van der Waals surface area contributed by atoms with E-state index in [2.05, 4.69) is 9.98 Å².